The third kappa shape index (κ3) is 4.75. The molecule has 6 nitrogen and oxygen atoms in total. The molecule has 27 heavy (non-hydrogen) atoms. The first-order valence-corrected chi connectivity index (χ1v) is 9.83. The molecule has 0 N–H and O–H groups in total. The molecule has 1 aromatic heterocycles. The molecule has 1 aromatic carbocycles. The van der Waals surface area contributed by atoms with Gasteiger partial charge in [-0.05, 0) is 24.5 Å². The summed E-state index contributed by atoms with van der Waals surface area (Å²) in [4.78, 5) is 19.4. The second-order valence-corrected chi connectivity index (χ2v) is 7.61. The van der Waals surface area contributed by atoms with Crippen molar-refractivity contribution < 1.29 is 14.1 Å². The SMILES string of the molecule is CCCC[C@@H]1CN(C(=O)c2cccc(-c3noc(C)n3)c2)C[C@H](C(C)C)O1. The van der Waals surface area contributed by atoms with Gasteiger partial charge in [0.1, 0.15) is 0 Å². The Morgan fingerprint density at radius 2 is 2.15 bits per heavy atom. The third-order valence-electron chi connectivity index (χ3n) is 5.00. The highest BCUT2D eigenvalue weighted by molar-refractivity contribution is 5.95. The molecular formula is C21H29N3O3. The number of aromatic nitrogens is 2. The van der Waals surface area contributed by atoms with Gasteiger partial charge in [-0.25, -0.2) is 0 Å². The monoisotopic (exact) mass is 371 g/mol. The largest absolute Gasteiger partial charge is 0.371 e. The average Bonchev–Trinajstić information content (AvgIpc) is 3.12. The molecule has 6 heteroatoms. The minimum absolute atomic E-state index is 0.0347. The molecule has 1 aliphatic heterocycles. The Morgan fingerprint density at radius 3 is 2.81 bits per heavy atom. The number of ether oxygens (including phenoxy) is 1. The average molecular weight is 371 g/mol. The highest BCUT2D eigenvalue weighted by Gasteiger charge is 2.32. The van der Waals surface area contributed by atoms with Gasteiger partial charge >= 0.3 is 0 Å². The van der Waals surface area contributed by atoms with Crippen LogP contribution in [0.2, 0.25) is 0 Å². The zero-order chi connectivity index (χ0) is 19.4. The highest BCUT2D eigenvalue weighted by Crippen LogP contribution is 2.24. The standard InChI is InChI=1S/C21H29N3O3/c1-5-6-10-18-12-24(13-19(26-18)14(2)3)21(25)17-9-7-8-16(11-17)20-22-15(4)27-23-20/h7-9,11,14,18-19H,5-6,10,12-13H2,1-4H3/t18-,19-/m1/s1. The van der Waals surface area contributed by atoms with E-state index in [1.807, 2.05) is 29.2 Å². The molecule has 0 radical (unpaired) electrons. The Morgan fingerprint density at radius 1 is 1.33 bits per heavy atom. The Balaban J connectivity index is 1.79. The highest BCUT2D eigenvalue weighted by atomic mass is 16.5. The number of carbonyl (C=O) groups is 1. The zero-order valence-corrected chi connectivity index (χ0v) is 16.6. The van der Waals surface area contributed by atoms with E-state index in [1.54, 1.807) is 6.92 Å². The van der Waals surface area contributed by atoms with Crippen LogP contribution in [0.5, 0.6) is 0 Å². The lowest BCUT2D eigenvalue weighted by Gasteiger charge is -2.40. The van der Waals surface area contributed by atoms with Crippen LogP contribution in [0.4, 0.5) is 0 Å². The molecule has 3 rings (SSSR count). The first kappa shape index (κ1) is 19.5. The van der Waals surface area contributed by atoms with Crippen LogP contribution in [0.1, 0.15) is 56.3 Å². The van der Waals surface area contributed by atoms with Gasteiger partial charge in [0.2, 0.25) is 11.7 Å². The molecule has 146 valence electrons. The number of hydrogen-bond donors (Lipinski definition) is 0. The third-order valence-corrected chi connectivity index (χ3v) is 5.00. The quantitative estimate of drug-likeness (QED) is 0.765. The van der Waals surface area contributed by atoms with Crippen molar-refractivity contribution in [2.45, 2.75) is 59.2 Å². The maximum Gasteiger partial charge on any atom is 0.254 e. The molecule has 1 fully saturated rings. The molecule has 0 saturated carbocycles. The van der Waals surface area contributed by atoms with Crippen LogP contribution in [0.3, 0.4) is 0 Å². The number of amides is 1. The fraction of sp³-hybridized carbons (Fsp3) is 0.571. The summed E-state index contributed by atoms with van der Waals surface area (Å²) in [5.74, 6) is 1.42. The topological polar surface area (TPSA) is 68.5 Å². The molecule has 2 aromatic rings. The van der Waals surface area contributed by atoms with E-state index in [2.05, 4.69) is 30.9 Å². The van der Waals surface area contributed by atoms with Crippen LogP contribution >= 0.6 is 0 Å². The van der Waals surface area contributed by atoms with Gasteiger partial charge in [-0.3, -0.25) is 4.79 Å². The van der Waals surface area contributed by atoms with Crippen molar-refractivity contribution in [1.82, 2.24) is 15.0 Å². The fourth-order valence-corrected chi connectivity index (χ4v) is 3.39. The Labute approximate surface area is 160 Å². The van der Waals surface area contributed by atoms with E-state index in [0.29, 0.717) is 36.3 Å². The number of nitrogens with zero attached hydrogens (tertiary/aromatic N) is 3. The van der Waals surface area contributed by atoms with E-state index in [4.69, 9.17) is 9.26 Å². The number of unbranched alkanes of at least 4 members (excludes halogenated alkanes) is 1. The van der Waals surface area contributed by atoms with E-state index in [0.717, 1.165) is 24.8 Å². The Hall–Kier alpha value is -2.21. The smallest absolute Gasteiger partial charge is 0.254 e. The summed E-state index contributed by atoms with van der Waals surface area (Å²) in [6.07, 6.45) is 3.42. The van der Waals surface area contributed by atoms with E-state index in [1.165, 1.54) is 0 Å². The van der Waals surface area contributed by atoms with Crippen LogP contribution in [-0.4, -0.2) is 46.2 Å². The maximum atomic E-state index is 13.2. The second-order valence-electron chi connectivity index (χ2n) is 7.61. The summed E-state index contributed by atoms with van der Waals surface area (Å²) >= 11 is 0. The number of benzene rings is 1. The lowest BCUT2D eigenvalue weighted by molar-refractivity contribution is -0.0962. The van der Waals surface area contributed by atoms with Crippen molar-refractivity contribution in [3.05, 3.63) is 35.7 Å². The normalized spacial score (nSPS) is 20.3. The van der Waals surface area contributed by atoms with E-state index in [-0.39, 0.29) is 18.1 Å². The first-order chi connectivity index (χ1) is 13.0. The molecule has 2 heterocycles. The molecule has 1 amide bonds. The van der Waals surface area contributed by atoms with Gasteiger partial charge in [-0.15, -0.1) is 0 Å². The Bertz CT molecular complexity index is 772. The van der Waals surface area contributed by atoms with Crippen molar-refractivity contribution in [3.8, 4) is 11.4 Å². The zero-order valence-electron chi connectivity index (χ0n) is 16.6. The Kier molecular flexibility index (Phi) is 6.26. The van der Waals surface area contributed by atoms with Crippen molar-refractivity contribution >= 4 is 5.91 Å². The van der Waals surface area contributed by atoms with Crippen molar-refractivity contribution in [1.29, 1.82) is 0 Å². The van der Waals surface area contributed by atoms with Gasteiger partial charge in [-0.1, -0.05) is 50.9 Å². The van der Waals surface area contributed by atoms with Gasteiger partial charge in [0.15, 0.2) is 0 Å². The van der Waals surface area contributed by atoms with Crippen LogP contribution in [0, 0.1) is 12.8 Å². The first-order valence-electron chi connectivity index (χ1n) is 9.83. The van der Waals surface area contributed by atoms with Crippen LogP contribution in [0.25, 0.3) is 11.4 Å². The maximum absolute atomic E-state index is 13.2. The predicted octanol–water partition coefficient (Wildman–Crippen LogP) is 4.10. The van der Waals surface area contributed by atoms with Gasteiger partial charge in [0.25, 0.3) is 5.91 Å². The summed E-state index contributed by atoms with van der Waals surface area (Å²) in [5, 5.41) is 3.95. The molecule has 1 saturated heterocycles. The molecule has 0 aliphatic carbocycles. The summed E-state index contributed by atoms with van der Waals surface area (Å²) < 4.78 is 11.3. The second kappa shape index (κ2) is 8.65. The van der Waals surface area contributed by atoms with E-state index < -0.39 is 0 Å². The van der Waals surface area contributed by atoms with Crippen LogP contribution < -0.4 is 0 Å². The number of hydrogen-bond acceptors (Lipinski definition) is 5. The minimum atomic E-state index is 0.0347. The summed E-state index contributed by atoms with van der Waals surface area (Å²) in [6.45, 7) is 9.50. The molecule has 1 aliphatic rings. The predicted molar refractivity (Wildman–Crippen MR) is 103 cm³/mol. The van der Waals surface area contributed by atoms with Crippen LogP contribution in [-0.2, 0) is 4.74 Å². The molecule has 0 bridgehead atoms. The number of rotatable bonds is 6. The van der Waals surface area contributed by atoms with Crippen LogP contribution in [0.15, 0.2) is 28.8 Å². The summed E-state index contributed by atoms with van der Waals surface area (Å²) in [5.41, 5.74) is 1.43. The van der Waals surface area contributed by atoms with Gasteiger partial charge in [0.05, 0.1) is 12.2 Å². The van der Waals surface area contributed by atoms with Gasteiger partial charge in [-0.2, -0.15) is 4.98 Å². The molecule has 0 unspecified atom stereocenters. The minimum Gasteiger partial charge on any atom is -0.371 e. The van der Waals surface area contributed by atoms with Crippen molar-refractivity contribution in [2.75, 3.05) is 13.1 Å². The van der Waals surface area contributed by atoms with Gasteiger partial charge in [0, 0.05) is 31.1 Å². The van der Waals surface area contributed by atoms with Crippen molar-refractivity contribution in [3.63, 3.8) is 0 Å². The summed E-state index contributed by atoms with van der Waals surface area (Å²) in [7, 11) is 0. The summed E-state index contributed by atoms with van der Waals surface area (Å²) in [6, 6.07) is 7.44. The number of aryl methyl sites for hydroxylation is 1. The molecule has 2 atom stereocenters. The lowest BCUT2D eigenvalue weighted by atomic mass is 10.0. The molecular weight excluding hydrogens is 342 g/mol. The molecule has 0 spiro atoms. The number of carbonyl (C=O) groups excluding carboxylic acids is 1. The lowest BCUT2D eigenvalue weighted by Crippen LogP contribution is -2.51. The van der Waals surface area contributed by atoms with Crippen molar-refractivity contribution in [2.24, 2.45) is 5.92 Å². The van der Waals surface area contributed by atoms with Gasteiger partial charge < -0.3 is 14.2 Å². The fourth-order valence-electron chi connectivity index (χ4n) is 3.39. The van der Waals surface area contributed by atoms with E-state index >= 15 is 0 Å². The van der Waals surface area contributed by atoms with E-state index in [9.17, 15) is 4.79 Å². The number of morpholine rings is 1.